The highest BCUT2D eigenvalue weighted by Crippen LogP contribution is 2.33. The molecule has 0 aliphatic rings. The van der Waals surface area contributed by atoms with Crippen LogP contribution in [0.25, 0.3) is 21.3 Å². The molecule has 2 aromatic heterocycles. The molecule has 0 aliphatic carbocycles. The molecule has 0 aliphatic heterocycles. The topological polar surface area (TPSA) is 52.0 Å². The minimum atomic E-state index is -0.626. The lowest BCUT2D eigenvalue weighted by Crippen LogP contribution is -2.28. The summed E-state index contributed by atoms with van der Waals surface area (Å²) in [6.07, 6.45) is 1.48. The zero-order valence-corrected chi connectivity index (χ0v) is 16.8. The third-order valence-electron chi connectivity index (χ3n) is 5.05. The number of aryl methyl sites for hydroxylation is 2. The fourth-order valence-corrected chi connectivity index (χ4v) is 4.40. The molecule has 0 fully saturated rings. The zero-order valence-electron chi connectivity index (χ0n) is 16.0. The first-order valence-electron chi connectivity index (χ1n) is 9.12. The molecule has 0 radical (unpaired) electrons. The van der Waals surface area contributed by atoms with Crippen molar-refractivity contribution in [2.24, 2.45) is 0 Å². The number of ketones is 1. The maximum absolute atomic E-state index is 13.3. The van der Waals surface area contributed by atoms with Crippen LogP contribution < -0.4 is 5.56 Å². The summed E-state index contributed by atoms with van der Waals surface area (Å²) in [5, 5.41) is 2.55. The minimum Gasteiger partial charge on any atom is -0.292 e. The molecular formula is C23H20N2O2S. The number of nitrogens with zero attached hydrogens (tertiary/aromatic N) is 2. The Balaban J connectivity index is 1.85. The lowest BCUT2D eigenvalue weighted by molar-refractivity contribution is 0.0932. The lowest BCUT2D eigenvalue weighted by Gasteiger charge is -2.14. The summed E-state index contributed by atoms with van der Waals surface area (Å²) in [5.41, 5.74) is 4.60. The average molecular weight is 388 g/mol. The number of hydrogen-bond donors (Lipinski definition) is 0. The summed E-state index contributed by atoms with van der Waals surface area (Å²) in [5.74, 6) is -0.104. The summed E-state index contributed by atoms with van der Waals surface area (Å²) in [4.78, 5) is 31.3. The van der Waals surface area contributed by atoms with Gasteiger partial charge in [0.05, 0.1) is 17.8 Å². The second-order valence-electron chi connectivity index (χ2n) is 7.01. The van der Waals surface area contributed by atoms with Crippen LogP contribution in [-0.4, -0.2) is 15.3 Å². The predicted molar refractivity (Wildman–Crippen MR) is 114 cm³/mol. The highest BCUT2D eigenvalue weighted by Gasteiger charge is 2.21. The molecule has 2 heterocycles. The summed E-state index contributed by atoms with van der Waals surface area (Å²) < 4.78 is 1.44. The van der Waals surface area contributed by atoms with Crippen LogP contribution in [0.4, 0.5) is 0 Å². The van der Waals surface area contributed by atoms with Crippen LogP contribution in [0.15, 0.2) is 65.0 Å². The highest BCUT2D eigenvalue weighted by atomic mass is 32.1. The molecule has 28 heavy (non-hydrogen) atoms. The number of Topliss-reactive ketones (excluding diaryl/α,β-unsaturated/α-hetero) is 1. The Morgan fingerprint density at radius 1 is 1.07 bits per heavy atom. The number of aromatic nitrogens is 2. The van der Waals surface area contributed by atoms with Crippen molar-refractivity contribution in [1.82, 2.24) is 9.55 Å². The molecule has 1 atom stereocenters. The molecule has 4 rings (SSSR count). The quantitative estimate of drug-likeness (QED) is 0.452. The Bertz CT molecular complexity index is 1240. The van der Waals surface area contributed by atoms with Crippen molar-refractivity contribution >= 4 is 27.3 Å². The van der Waals surface area contributed by atoms with E-state index in [2.05, 4.69) is 11.1 Å². The average Bonchev–Trinajstić information content (AvgIpc) is 3.12. The third-order valence-corrected chi connectivity index (χ3v) is 5.93. The molecular weight excluding hydrogens is 368 g/mol. The first kappa shape index (κ1) is 18.3. The molecule has 2 aromatic carbocycles. The standard InChI is InChI=1S/C23H20N2O2S/c1-14-9-10-18(15(2)11-14)19-12-28-22-20(19)23(27)25(13-24-22)16(3)21(26)17-7-5-4-6-8-17/h4-13,16H,1-3H3. The molecule has 1 unspecified atom stereocenters. The van der Waals surface area contributed by atoms with Gasteiger partial charge in [0.15, 0.2) is 5.78 Å². The lowest BCUT2D eigenvalue weighted by atomic mass is 9.99. The second kappa shape index (κ2) is 7.17. The van der Waals surface area contributed by atoms with Crippen LogP contribution in [0.3, 0.4) is 0 Å². The van der Waals surface area contributed by atoms with Crippen molar-refractivity contribution in [3.05, 3.63) is 87.3 Å². The number of hydrogen-bond acceptors (Lipinski definition) is 4. The second-order valence-corrected chi connectivity index (χ2v) is 7.87. The number of carbonyl (C=O) groups excluding carboxylic acids is 1. The number of fused-ring (bicyclic) bond motifs is 1. The molecule has 140 valence electrons. The van der Waals surface area contributed by atoms with Crippen LogP contribution >= 0.6 is 11.3 Å². The molecule has 4 aromatic rings. The molecule has 0 amide bonds. The van der Waals surface area contributed by atoms with Gasteiger partial charge in [-0.05, 0) is 31.9 Å². The Morgan fingerprint density at radius 2 is 1.82 bits per heavy atom. The van der Waals surface area contributed by atoms with Crippen LogP contribution in [-0.2, 0) is 0 Å². The van der Waals surface area contributed by atoms with Gasteiger partial charge < -0.3 is 0 Å². The molecule has 0 bridgehead atoms. The minimum absolute atomic E-state index is 0.104. The summed E-state index contributed by atoms with van der Waals surface area (Å²) in [7, 11) is 0. The highest BCUT2D eigenvalue weighted by molar-refractivity contribution is 7.17. The third kappa shape index (κ3) is 3.08. The van der Waals surface area contributed by atoms with Crippen molar-refractivity contribution in [3.8, 4) is 11.1 Å². The van der Waals surface area contributed by atoms with Gasteiger partial charge in [-0.2, -0.15) is 0 Å². The van der Waals surface area contributed by atoms with Crippen LogP contribution in [0.1, 0.15) is 34.5 Å². The normalized spacial score (nSPS) is 12.2. The SMILES string of the molecule is Cc1ccc(-c2csc3ncn(C(C)C(=O)c4ccccc4)c(=O)c23)c(C)c1. The maximum atomic E-state index is 13.3. The Hall–Kier alpha value is -3.05. The van der Waals surface area contributed by atoms with Crippen molar-refractivity contribution in [2.45, 2.75) is 26.8 Å². The van der Waals surface area contributed by atoms with Gasteiger partial charge in [-0.15, -0.1) is 11.3 Å². The number of rotatable bonds is 4. The largest absolute Gasteiger partial charge is 0.292 e. The molecule has 0 N–H and O–H groups in total. The van der Waals surface area contributed by atoms with Gasteiger partial charge in [-0.25, -0.2) is 4.98 Å². The monoisotopic (exact) mass is 388 g/mol. The first-order valence-corrected chi connectivity index (χ1v) is 10.0. The summed E-state index contributed by atoms with van der Waals surface area (Å²) >= 11 is 1.45. The molecule has 0 spiro atoms. The first-order chi connectivity index (χ1) is 13.5. The van der Waals surface area contributed by atoms with E-state index in [9.17, 15) is 9.59 Å². The van der Waals surface area contributed by atoms with Crippen LogP contribution in [0, 0.1) is 13.8 Å². The van der Waals surface area contributed by atoms with E-state index in [4.69, 9.17) is 0 Å². The van der Waals surface area contributed by atoms with Crippen molar-refractivity contribution < 1.29 is 4.79 Å². The number of thiophene rings is 1. The Labute approximate surface area is 167 Å². The summed E-state index contributed by atoms with van der Waals surface area (Å²) in [6.45, 7) is 5.84. The van der Waals surface area contributed by atoms with E-state index in [1.807, 2.05) is 49.6 Å². The Kier molecular flexibility index (Phi) is 4.69. The van der Waals surface area contributed by atoms with Gasteiger partial charge in [0.1, 0.15) is 4.83 Å². The number of benzene rings is 2. The number of carbonyl (C=O) groups is 1. The molecule has 5 heteroatoms. The van der Waals surface area contributed by atoms with Gasteiger partial charge in [-0.3, -0.25) is 14.2 Å². The van der Waals surface area contributed by atoms with Crippen molar-refractivity contribution in [1.29, 1.82) is 0 Å². The van der Waals surface area contributed by atoms with Gasteiger partial charge in [0, 0.05) is 16.5 Å². The van der Waals surface area contributed by atoms with E-state index in [0.29, 0.717) is 15.8 Å². The van der Waals surface area contributed by atoms with Gasteiger partial charge in [0.25, 0.3) is 5.56 Å². The molecule has 0 saturated carbocycles. The van der Waals surface area contributed by atoms with E-state index < -0.39 is 6.04 Å². The fraction of sp³-hybridized carbons (Fsp3) is 0.174. The fourth-order valence-electron chi connectivity index (χ4n) is 3.51. The van der Waals surface area contributed by atoms with Gasteiger partial charge >= 0.3 is 0 Å². The van der Waals surface area contributed by atoms with Crippen molar-refractivity contribution in [3.63, 3.8) is 0 Å². The van der Waals surface area contributed by atoms with E-state index in [1.165, 1.54) is 27.8 Å². The smallest absolute Gasteiger partial charge is 0.263 e. The molecule has 4 nitrogen and oxygen atoms in total. The van der Waals surface area contributed by atoms with Crippen LogP contribution in [0.2, 0.25) is 0 Å². The summed E-state index contributed by atoms with van der Waals surface area (Å²) in [6, 6.07) is 14.6. The Morgan fingerprint density at radius 3 is 2.54 bits per heavy atom. The van der Waals surface area contributed by atoms with E-state index in [-0.39, 0.29) is 11.3 Å². The van der Waals surface area contributed by atoms with E-state index >= 15 is 0 Å². The zero-order chi connectivity index (χ0) is 19.8. The van der Waals surface area contributed by atoms with Crippen molar-refractivity contribution in [2.75, 3.05) is 0 Å². The van der Waals surface area contributed by atoms with E-state index in [0.717, 1.165) is 16.7 Å². The van der Waals surface area contributed by atoms with Gasteiger partial charge in [0.2, 0.25) is 0 Å². The van der Waals surface area contributed by atoms with E-state index in [1.54, 1.807) is 19.1 Å². The molecule has 0 saturated heterocycles. The van der Waals surface area contributed by atoms with Gasteiger partial charge in [-0.1, -0.05) is 54.1 Å². The maximum Gasteiger partial charge on any atom is 0.263 e. The predicted octanol–water partition coefficient (Wildman–Crippen LogP) is 5.19. The van der Waals surface area contributed by atoms with Crippen LogP contribution in [0.5, 0.6) is 0 Å².